The summed E-state index contributed by atoms with van der Waals surface area (Å²) in [6.45, 7) is 3.40. The molecule has 0 saturated carbocycles. The molecule has 0 aliphatic carbocycles. The summed E-state index contributed by atoms with van der Waals surface area (Å²) in [5.74, 6) is 0. The van der Waals surface area contributed by atoms with Gasteiger partial charge in [0.25, 0.3) is 0 Å². The molecule has 0 radical (unpaired) electrons. The predicted octanol–water partition coefficient (Wildman–Crippen LogP) is -0.511. The van der Waals surface area contributed by atoms with Crippen molar-refractivity contribution in [2.45, 2.75) is 11.3 Å². The lowest BCUT2D eigenvalue weighted by atomic mass is 10.3. The normalized spacial score (nSPS) is 18.1. The zero-order valence-electron chi connectivity index (χ0n) is 10.7. The molecule has 1 N–H and O–H groups in total. The predicted molar refractivity (Wildman–Crippen MR) is 71.0 cm³/mol. The van der Waals surface area contributed by atoms with Gasteiger partial charge in [-0.15, -0.1) is 0 Å². The molecule has 0 atom stereocenters. The zero-order chi connectivity index (χ0) is 13.7. The number of hydrogen-bond acceptors (Lipinski definition) is 3. The highest BCUT2D eigenvalue weighted by Crippen LogP contribution is 2.14. The number of nitrogens with zero attached hydrogens (tertiary/aromatic N) is 2. The molecule has 1 aliphatic heterocycles. The molecule has 5 nitrogen and oxygen atoms in total. The zero-order valence-corrected chi connectivity index (χ0v) is 11.6. The van der Waals surface area contributed by atoms with Gasteiger partial charge in [-0.3, -0.25) is 0 Å². The summed E-state index contributed by atoms with van der Waals surface area (Å²) < 4.78 is 26.3. The van der Waals surface area contributed by atoms with Crippen LogP contribution in [0.5, 0.6) is 0 Å². The first-order chi connectivity index (χ1) is 9.14. The van der Waals surface area contributed by atoms with E-state index in [4.69, 9.17) is 5.26 Å². The van der Waals surface area contributed by atoms with Crippen LogP contribution in [0.15, 0.2) is 35.2 Å². The van der Waals surface area contributed by atoms with Crippen LogP contribution in [0.2, 0.25) is 0 Å². The van der Waals surface area contributed by atoms with E-state index in [-0.39, 0.29) is 0 Å². The van der Waals surface area contributed by atoms with Gasteiger partial charge in [0.05, 0.1) is 50.1 Å². The standard InChI is InChI=1S/C13H17N3O2S/c14-7-4-8-15-9-11-16(12-10-15)19(17,18)13-5-2-1-3-6-13/h1-3,5-6H,4,8-12H2/p+1. The maximum atomic E-state index is 12.4. The minimum atomic E-state index is -3.35. The molecule has 1 saturated heterocycles. The molecule has 0 spiro atoms. The van der Waals surface area contributed by atoms with E-state index in [1.54, 1.807) is 24.3 Å². The van der Waals surface area contributed by atoms with Crippen LogP contribution in [-0.2, 0) is 10.0 Å². The Hall–Kier alpha value is -1.42. The highest BCUT2D eigenvalue weighted by molar-refractivity contribution is 7.89. The second-order valence-electron chi connectivity index (χ2n) is 4.63. The molecule has 19 heavy (non-hydrogen) atoms. The fraction of sp³-hybridized carbons (Fsp3) is 0.462. The summed E-state index contributed by atoms with van der Waals surface area (Å²) in [7, 11) is -3.35. The maximum absolute atomic E-state index is 12.4. The molecule has 0 bridgehead atoms. The van der Waals surface area contributed by atoms with Gasteiger partial charge in [0.1, 0.15) is 0 Å². The first-order valence-corrected chi connectivity index (χ1v) is 7.84. The second-order valence-corrected chi connectivity index (χ2v) is 6.56. The molecule has 1 aromatic rings. The van der Waals surface area contributed by atoms with Crippen molar-refractivity contribution in [3.8, 4) is 6.07 Å². The van der Waals surface area contributed by atoms with Gasteiger partial charge in [-0.25, -0.2) is 8.42 Å². The maximum Gasteiger partial charge on any atom is 0.243 e. The van der Waals surface area contributed by atoms with Crippen molar-refractivity contribution >= 4 is 10.0 Å². The molecule has 102 valence electrons. The second kappa shape index (κ2) is 6.15. The van der Waals surface area contributed by atoms with Crippen molar-refractivity contribution < 1.29 is 13.3 Å². The van der Waals surface area contributed by atoms with Gasteiger partial charge in [-0.1, -0.05) is 18.2 Å². The molecule has 1 heterocycles. The quantitative estimate of drug-likeness (QED) is 0.808. The van der Waals surface area contributed by atoms with Crippen LogP contribution < -0.4 is 4.90 Å². The van der Waals surface area contributed by atoms with E-state index in [2.05, 4.69) is 6.07 Å². The van der Waals surface area contributed by atoms with Crippen LogP contribution in [0.3, 0.4) is 0 Å². The molecule has 1 aromatic carbocycles. The van der Waals surface area contributed by atoms with Gasteiger partial charge in [0.15, 0.2) is 0 Å². The van der Waals surface area contributed by atoms with Gasteiger partial charge >= 0.3 is 0 Å². The van der Waals surface area contributed by atoms with Crippen LogP contribution in [-0.4, -0.2) is 45.4 Å². The molecular formula is C13H18N3O2S+. The number of hydrogen-bond donors (Lipinski definition) is 1. The van der Waals surface area contributed by atoms with Gasteiger partial charge in [0.2, 0.25) is 10.0 Å². The van der Waals surface area contributed by atoms with Crippen molar-refractivity contribution in [3.63, 3.8) is 0 Å². The van der Waals surface area contributed by atoms with Crippen LogP contribution in [0, 0.1) is 11.3 Å². The number of rotatable bonds is 4. The highest BCUT2D eigenvalue weighted by Gasteiger charge is 2.29. The largest absolute Gasteiger partial charge is 0.332 e. The summed E-state index contributed by atoms with van der Waals surface area (Å²) in [6.07, 6.45) is 0.529. The third-order valence-electron chi connectivity index (χ3n) is 3.40. The van der Waals surface area contributed by atoms with Gasteiger partial charge < -0.3 is 4.90 Å². The number of piperazine rings is 1. The van der Waals surface area contributed by atoms with E-state index in [1.165, 1.54) is 9.21 Å². The summed E-state index contributed by atoms with van der Waals surface area (Å²) in [5.41, 5.74) is 0. The SMILES string of the molecule is N#CCC[NH+]1CCN(S(=O)(=O)c2ccccc2)CC1. The third-order valence-corrected chi connectivity index (χ3v) is 5.31. The first-order valence-electron chi connectivity index (χ1n) is 6.40. The number of nitrogens with one attached hydrogen (secondary N) is 1. The van der Waals surface area contributed by atoms with E-state index >= 15 is 0 Å². The van der Waals surface area contributed by atoms with Crippen molar-refractivity contribution in [2.24, 2.45) is 0 Å². The number of quaternary nitrogens is 1. The molecule has 1 aliphatic rings. The molecule has 6 heteroatoms. The lowest BCUT2D eigenvalue weighted by molar-refractivity contribution is -0.903. The van der Waals surface area contributed by atoms with E-state index < -0.39 is 10.0 Å². The molecule has 0 amide bonds. The Kier molecular flexibility index (Phi) is 4.53. The Morgan fingerprint density at radius 1 is 1.21 bits per heavy atom. The van der Waals surface area contributed by atoms with E-state index in [0.29, 0.717) is 24.4 Å². The van der Waals surface area contributed by atoms with Crippen LogP contribution in [0.25, 0.3) is 0 Å². The average molecular weight is 280 g/mol. The fourth-order valence-electron chi connectivity index (χ4n) is 2.27. The van der Waals surface area contributed by atoms with E-state index in [1.807, 2.05) is 6.07 Å². The van der Waals surface area contributed by atoms with E-state index in [0.717, 1.165) is 19.6 Å². The smallest absolute Gasteiger partial charge is 0.243 e. The first kappa shape index (κ1) is 14.0. The number of sulfonamides is 1. The summed E-state index contributed by atoms with van der Waals surface area (Å²) >= 11 is 0. The summed E-state index contributed by atoms with van der Waals surface area (Å²) in [5, 5.41) is 8.56. The molecule has 1 fully saturated rings. The summed E-state index contributed by atoms with van der Waals surface area (Å²) in [4.78, 5) is 1.66. The third kappa shape index (κ3) is 3.32. The minimum absolute atomic E-state index is 0.357. The van der Waals surface area contributed by atoms with Crippen molar-refractivity contribution in [3.05, 3.63) is 30.3 Å². The van der Waals surface area contributed by atoms with Crippen LogP contribution in [0.4, 0.5) is 0 Å². The summed E-state index contributed by atoms with van der Waals surface area (Å²) in [6, 6.07) is 10.7. The molecular weight excluding hydrogens is 262 g/mol. The van der Waals surface area contributed by atoms with Crippen molar-refractivity contribution in [1.82, 2.24) is 4.31 Å². The van der Waals surface area contributed by atoms with Gasteiger partial charge in [-0.05, 0) is 12.1 Å². The lowest BCUT2D eigenvalue weighted by Crippen LogP contribution is -3.14. The van der Waals surface area contributed by atoms with Gasteiger partial charge in [-0.2, -0.15) is 9.57 Å². The molecule has 2 rings (SSSR count). The Labute approximate surface area is 114 Å². The van der Waals surface area contributed by atoms with Crippen molar-refractivity contribution in [2.75, 3.05) is 32.7 Å². The monoisotopic (exact) mass is 280 g/mol. The topological polar surface area (TPSA) is 65.6 Å². The fourth-order valence-corrected chi connectivity index (χ4v) is 3.73. The van der Waals surface area contributed by atoms with E-state index in [9.17, 15) is 8.42 Å². The minimum Gasteiger partial charge on any atom is -0.332 e. The Morgan fingerprint density at radius 2 is 1.84 bits per heavy atom. The van der Waals surface area contributed by atoms with Crippen molar-refractivity contribution in [1.29, 1.82) is 5.26 Å². The Morgan fingerprint density at radius 3 is 2.42 bits per heavy atom. The van der Waals surface area contributed by atoms with Crippen LogP contribution >= 0.6 is 0 Å². The molecule has 0 unspecified atom stereocenters. The number of nitriles is 1. The Bertz CT molecular complexity index is 543. The average Bonchev–Trinajstić information content (AvgIpc) is 2.46. The lowest BCUT2D eigenvalue weighted by Gasteiger charge is -2.31. The Balaban J connectivity index is 2.00. The van der Waals surface area contributed by atoms with Crippen LogP contribution in [0.1, 0.15) is 6.42 Å². The molecule has 0 aromatic heterocycles. The highest BCUT2D eigenvalue weighted by atomic mass is 32.2. The van der Waals surface area contributed by atoms with Gasteiger partial charge in [0, 0.05) is 0 Å². The number of benzene rings is 1.